The van der Waals surface area contributed by atoms with Crippen LogP contribution in [0.2, 0.25) is 0 Å². The van der Waals surface area contributed by atoms with Crippen LogP contribution in [0.3, 0.4) is 0 Å². The summed E-state index contributed by atoms with van der Waals surface area (Å²) in [5.41, 5.74) is 3.36. The van der Waals surface area contributed by atoms with Crippen LogP contribution in [0.4, 0.5) is 16.4 Å². The first-order valence-electron chi connectivity index (χ1n) is 13.3. The zero-order chi connectivity index (χ0) is 27.5. The minimum atomic E-state index is -0.262. The van der Waals surface area contributed by atoms with Crippen molar-refractivity contribution in [1.82, 2.24) is 24.8 Å². The highest BCUT2D eigenvalue weighted by atomic mass is 32.1. The lowest BCUT2D eigenvalue weighted by atomic mass is 10.2. The van der Waals surface area contributed by atoms with Crippen molar-refractivity contribution in [1.29, 1.82) is 0 Å². The maximum Gasteiger partial charge on any atom is 0.321 e. The van der Waals surface area contributed by atoms with E-state index in [-0.39, 0.29) is 18.0 Å². The van der Waals surface area contributed by atoms with Gasteiger partial charge in [0.1, 0.15) is 0 Å². The molecule has 1 aliphatic carbocycles. The van der Waals surface area contributed by atoms with Crippen LogP contribution in [-0.2, 0) is 13.0 Å². The minimum Gasteiger partial charge on any atom is -0.443 e. The Balaban J connectivity index is 1.27. The lowest BCUT2D eigenvalue weighted by Gasteiger charge is -2.21. The molecule has 11 heteroatoms. The van der Waals surface area contributed by atoms with E-state index in [2.05, 4.69) is 20.6 Å². The molecule has 4 heterocycles. The number of hydrogen-bond acceptors (Lipinski definition) is 7. The molecule has 1 saturated carbocycles. The molecule has 1 aromatic carbocycles. The summed E-state index contributed by atoms with van der Waals surface area (Å²) >= 11 is 1.32. The molecular weight excluding hydrogens is 526 g/mol. The monoisotopic (exact) mass is 555 g/mol. The number of hydrogen-bond donors (Lipinski definition) is 2. The average molecular weight is 556 g/mol. The van der Waals surface area contributed by atoms with Crippen molar-refractivity contribution in [2.75, 3.05) is 17.3 Å². The molecule has 204 valence electrons. The molecule has 0 atom stereocenters. The Morgan fingerprint density at radius 1 is 1.12 bits per heavy atom. The molecule has 0 radical (unpaired) electrons. The third-order valence-electron chi connectivity index (χ3n) is 7.18. The molecule has 10 nitrogen and oxygen atoms in total. The number of carbonyl (C=O) groups excluding carboxylic acids is 2. The summed E-state index contributed by atoms with van der Waals surface area (Å²) in [5, 5.41) is 6.13. The number of nitrogens with one attached hydrogen (secondary N) is 2. The molecule has 0 aliphatic heterocycles. The fraction of sp³-hybridized carbons (Fsp3) is 0.276. The van der Waals surface area contributed by atoms with E-state index in [9.17, 15) is 9.59 Å². The van der Waals surface area contributed by atoms with Crippen LogP contribution in [0.25, 0.3) is 21.7 Å². The van der Waals surface area contributed by atoms with E-state index in [1.54, 1.807) is 30.4 Å². The first-order chi connectivity index (χ1) is 19.5. The number of fused-ring (bicyclic) bond motifs is 1. The number of benzene rings is 1. The van der Waals surface area contributed by atoms with E-state index in [1.807, 2.05) is 47.2 Å². The molecule has 1 fully saturated rings. The number of amides is 3. The Labute approximate surface area is 235 Å². The average Bonchev–Trinajstić information content (AvgIpc) is 3.78. The minimum absolute atomic E-state index is 0.129. The highest BCUT2D eigenvalue weighted by molar-refractivity contribution is 7.17. The highest BCUT2D eigenvalue weighted by Crippen LogP contribution is 2.30. The van der Waals surface area contributed by atoms with Crippen molar-refractivity contribution in [2.45, 2.75) is 44.7 Å². The quantitative estimate of drug-likeness (QED) is 0.252. The van der Waals surface area contributed by atoms with Gasteiger partial charge in [-0.15, -0.1) is 11.3 Å². The van der Waals surface area contributed by atoms with E-state index in [4.69, 9.17) is 9.40 Å². The molecule has 5 aromatic rings. The number of aromatic nitrogens is 4. The van der Waals surface area contributed by atoms with Gasteiger partial charge >= 0.3 is 6.03 Å². The topological polar surface area (TPSA) is 118 Å². The summed E-state index contributed by atoms with van der Waals surface area (Å²) in [5.74, 6) is 0.789. The van der Waals surface area contributed by atoms with Gasteiger partial charge in [0.2, 0.25) is 5.95 Å². The lowest BCUT2D eigenvalue weighted by molar-refractivity contribution is 0.102. The number of rotatable bonds is 8. The summed E-state index contributed by atoms with van der Waals surface area (Å²) in [6.07, 6.45) is 11.6. The highest BCUT2D eigenvalue weighted by Gasteiger charge is 2.22. The standard InChI is InChI=1S/C29H29N7O3S/c1-35(29(38)32-20-6-2-3-7-20)21-8-9-23-22(15-21)33-28(36(23)14-12-19-5-4-13-30-16-19)34-27(37)26-11-10-25(40-26)24-17-31-18-39-24/h4-5,8-11,13,15-18,20H,2-3,6-7,12,14H2,1H3,(H,32,38)(H,33,34,37). The molecule has 6 rings (SSSR count). The van der Waals surface area contributed by atoms with Crippen LogP contribution in [-0.4, -0.2) is 44.5 Å². The van der Waals surface area contributed by atoms with Gasteiger partial charge < -0.3 is 14.3 Å². The molecule has 0 bridgehead atoms. The molecule has 4 aromatic heterocycles. The number of carbonyl (C=O) groups is 2. The fourth-order valence-electron chi connectivity index (χ4n) is 4.99. The lowest BCUT2D eigenvalue weighted by Crippen LogP contribution is -2.42. The molecule has 40 heavy (non-hydrogen) atoms. The van der Waals surface area contributed by atoms with Crippen molar-refractivity contribution < 1.29 is 14.0 Å². The Bertz CT molecular complexity index is 1620. The molecular formula is C29H29N7O3S. The molecule has 1 aliphatic rings. The number of pyridine rings is 1. The number of thiophene rings is 1. The molecule has 3 amide bonds. The number of oxazole rings is 1. The Hall–Kier alpha value is -4.51. The van der Waals surface area contributed by atoms with Crippen LogP contribution < -0.4 is 15.5 Å². The van der Waals surface area contributed by atoms with E-state index in [0.717, 1.165) is 47.3 Å². The molecule has 2 N–H and O–H groups in total. The molecule has 0 unspecified atom stereocenters. The number of imidazole rings is 1. The van der Waals surface area contributed by atoms with E-state index in [1.165, 1.54) is 17.7 Å². The molecule has 0 spiro atoms. The second-order valence-corrected chi connectivity index (χ2v) is 10.9. The Morgan fingerprint density at radius 2 is 2.00 bits per heavy atom. The van der Waals surface area contributed by atoms with Gasteiger partial charge in [-0.3, -0.25) is 20.0 Å². The van der Waals surface area contributed by atoms with Crippen molar-refractivity contribution >= 4 is 45.9 Å². The normalized spacial score (nSPS) is 13.5. The third-order valence-corrected chi connectivity index (χ3v) is 8.28. The van der Waals surface area contributed by atoms with Gasteiger partial charge in [0.25, 0.3) is 5.91 Å². The van der Waals surface area contributed by atoms with Crippen LogP contribution in [0.1, 0.15) is 40.9 Å². The largest absolute Gasteiger partial charge is 0.443 e. The van der Waals surface area contributed by atoms with Gasteiger partial charge in [-0.2, -0.15) is 0 Å². The van der Waals surface area contributed by atoms with E-state index < -0.39 is 0 Å². The first kappa shape index (κ1) is 25.8. The summed E-state index contributed by atoms with van der Waals surface area (Å²) in [4.78, 5) is 42.0. The zero-order valence-corrected chi connectivity index (χ0v) is 22.9. The number of nitrogens with zero attached hydrogens (tertiary/aromatic N) is 5. The van der Waals surface area contributed by atoms with Gasteiger partial charge in [0.05, 0.1) is 27.0 Å². The maximum absolute atomic E-state index is 13.3. The SMILES string of the molecule is CN(C(=O)NC1CCCC1)c1ccc2c(c1)nc(NC(=O)c1ccc(-c3cnco3)s1)n2CCc1cccnc1. The van der Waals surface area contributed by atoms with Gasteiger partial charge in [0, 0.05) is 37.7 Å². The van der Waals surface area contributed by atoms with Crippen molar-refractivity contribution in [3.05, 3.63) is 77.9 Å². The van der Waals surface area contributed by atoms with Crippen LogP contribution in [0.15, 0.2) is 71.9 Å². The number of aryl methyl sites for hydroxylation is 2. The number of anilines is 2. The summed E-state index contributed by atoms with van der Waals surface area (Å²) in [6, 6.07) is 13.4. The summed E-state index contributed by atoms with van der Waals surface area (Å²) in [7, 11) is 1.76. The number of urea groups is 1. The smallest absolute Gasteiger partial charge is 0.321 e. The van der Waals surface area contributed by atoms with Gasteiger partial charge in [-0.25, -0.2) is 14.8 Å². The van der Waals surface area contributed by atoms with E-state index in [0.29, 0.717) is 35.1 Å². The van der Waals surface area contributed by atoms with Crippen LogP contribution >= 0.6 is 11.3 Å². The van der Waals surface area contributed by atoms with Crippen molar-refractivity contribution in [3.63, 3.8) is 0 Å². The van der Waals surface area contributed by atoms with Crippen molar-refractivity contribution in [2.24, 2.45) is 0 Å². The second kappa shape index (κ2) is 11.3. The third kappa shape index (κ3) is 5.46. The Morgan fingerprint density at radius 3 is 2.77 bits per heavy atom. The zero-order valence-electron chi connectivity index (χ0n) is 22.0. The van der Waals surface area contributed by atoms with Gasteiger partial charge in [-0.05, 0) is 61.2 Å². The van der Waals surface area contributed by atoms with Gasteiger partial charge in [0.15, 0.2) is 12.2 Å². The van der Waals surface area contributed by atoms with Crippen LogP contribution in [0, 0.1) is 0 Å². The summed E-state index contributed by atoms with van der Waals surface area (Å²) in [6.45, 7) is 0.586. The maximum atomic E-state index is 13.3. The predicted molar refractivity (Wildman–Crippen MR) is 155 cm³/mol. The fourth-order valence-corrected chi connectivity index (χ4v) is 5.84. The predicted octanol–water partition coefficient (Wildman–Crippen LogP) is 5.73. The van der Waals surface area contributed by atoms with Crippen molar-refractivity contribution in [3.8, 4) is 10.6 Å². The molecule has 0 saturated heterocycles. The van der Waals surface area contributed by atoms with Gasteiger partial charge in [-0.1, -0.05) is 18.9 Å². The van der Waals surface area contributed by atoms with E-state index >= 15 is 0 Å². The second-order valence-electron chi connectivity index (χ2n) is 9.84. The van der Waals surface area contributed by atoms with Crippen LogP contribution in [0.5, 0.6) is 0 Å². The summed E-state index contributed by atoms with van der Waals surface area (Å²) < 4.78 is 7.36. The first-order valence-corrected chi connectivity index (χ1v) is 14.1. The Kier molecular flexibility index (Phi) is 7.28.